The molecule has 0 saturated carbocycles. The second kappa shape index (κ2) is 13.5. The maximum Gasteiger partial charge on any atom is 0.164 e. The fourth-order valence-electron chi connectivity index (χ4n) is 7.19. The molecule has 3 nitrogen and oxygen atoms in total. The SMILES string of the molecule is [2H]c1c([2H])c([2H])c(-c2c([2H])c([2H])c3c(sc4c5c([2H])c([2H])c([2H])c([2H])c5c([2H])c(-c5nc(-c6ccccc6)nc(-c6c([2H])c7c([2H])c([2H])c([2H])c([2H])c7c7sc8c([2H])c(-c9c([2H])c([2H])c([2H])c([2H])c9[2H])c([2H])c(C)c8c67)n5)c43)c2[2H])c([2H])c1[2H]. The van der Waals surface area contributed by atoms with Gasteiger partial charge in [-0.05, 0) is 80.5 Å². The average molecular weight is 813 g/mol. The Kier molecular flexibility index (Phi) is 4.00. The molecular formula is C54H33N3S2. The van der Waals surface area contributed by atoms with E-state index in [2.05, 4.69) is 0 Å². The third-order valence-corrected chi connectivity index (χ3v) is 12.0. The second-order valence-corrected chi connectivity index (χ2v) is 15.2. The number of benzene rings is 9. The van der Waals surface area contributed by atoms with E-state index in [1.807, 2.05) is 0 Å². The van der Waals surface area contributed by atoms with Crippen LogP contribution in [0.25, 0.3) is 118 Å². The monoisotopic (exact) mass is 812 g/mol. The van der Waals surface area contributed by atoms with Gasteiger partial charge in [0.15, 0.2) is 17.5 Å². The molecule has 59 heavy (non-hydrogen) atoms. The van der Waals surface area contributed by atoms with Gasteiger partial charge in [-0.15, -0.1) is 22.7 Å². The minimum Gasteiger partial charge on any atom is -0.208 e. The molecule has 0 aliphatic rings. The lowest BCUT2D eigenvalue weighted by molar-refractivity contribution is 1.08. The molecular weight excluding hydrogens is 755 g/mol. The Balaban J connectivity index is 1.30. The van der Waals surface area contributed by atoms with E-state index in [0.717, 1.165) is 11.3 Å². The molecule has 0 fully saturated rings. The topological polar surface area (TPSA) is 38.7 Å². The number of rotatable bonds is 5. The molecule has 0 amide bonds. The van der Waals surface area contributed by atoms with Crippen LogP contribution in [-0.4, -0.2) is 15.0 Å². The van der Waals surface area contributed by atoms with Crippen molar-refractivity contribution in [2.45, 2.75) is 6.92 Å². The second-order valence-electron chi connectivity index (χ2n) is 13.2. The van der Waals surface area contributed by atoms with Gasteiger partial charge in [0.25, 0.3) is 0 Å². The van der Waals surface area contributed by atoms with E-state index in [0.29, 0.717) is 11.3 Å². The fraction of sp³-hybridized carbons (Fsp3) is 0.0185. The fourth-order valence-corrected chi connectivity index (χ4v) is 9.64. The molecule has 0 saturated heterocycles. The highest BCUT2D eigenvalue weighted by Crippen LogP contribution is 2.48. The quantitative estimate of drug-likeness (QED) is 0.174. The lowest BCUT2D eigenvalue weighted by atomic mass is 9.95. The summed E-state index contributed by atoms with van der Waals surface area (Å²) in [6, 6.07) is -8.90. The molecule has 276 valence electrons. The number of fused-ring (bicyclic) bond motifs is 10. The summed E-state index contributed by atoms with van der Waals surface area (Å²) in [5, 5.41) is -1.50. The Morgan fingerprint density at radius 1 is 0.407 bits per heavy atom. The predicted molar refractivity (Wildman–Crippen MR) is 253 cm³/mol. The van der Waals surface area contributed by atoms with E-state index in [1.165, 1.54) is 6.92 Å². The highest BCUT2D eigenvalue weighted by molar-refractivity contribution is 7.27. The molecule has 0 N–H and O–H groups in total. The zero-order valence-corrected chi connectivity index (χ0v) is 31.7. The van der Waals surface area contributed by atoms with Crippen molar-refractivity contribution >= 4 is 84.6 Å². The summed E-state index contributed by atoms with van der Waals surface area (Å²) >= 11 is 1.53. The molecule has 0 atom stereocenters. The van der Waals surface area contributed by atoms with Crippen LogP contribution in [0, 0.1) is 6.92 Å². The first-order valence-electron chi connectivity index (χ1n) is 30.3. The number of nitrogens with zero attached hydrogens (tertiary/aromatic N) is 3. The largest absolute Gasteiger partial charge is 0.208 e. The summed E-state index contributed by atoms with van der Waals surface area (Å²) < 4.78 is 226. The van der Waals surface area contributed by atoms with Crippen molar-refractivity contribution in [1.82, 2.24) is 15.0 Å². The predicted octanol–water partition coefficient (Wildman–Crippen LogP) is 15.6. The number of aromatic nitrogens is 3. The first-order chi connectivity index (χ1) is 39.6. The Labute approximate surface area is 383 Å². The van der Waals surface area contributed by atoms with Gasteiger partial charge in [0, 0.05) is 57.0 Å². The Bertz CT molecular complexity index is 4750. The van der Waals surface area contributed by atoms with Gasteiger partial charge in [-0.3, -0.25) is 0 Å². The van der Waals surface area contributed by atoms with Crippen molar-refractivity contribution in [2.24, 2.45) is 0 Å². The molecule has 0 spiro atoms. The van der Waals surface area contributed by atoms with Crippen LogP contribution in [-0.2, 0) is 0 Å². The normalized spacial score (nSPS) is 17.7. The Hall–Kier alpha value is -7.05. The van der Waals surface area contributed by atoms with Crippen molar-refractivity contribution in [3.05, 3.63) is 187 Å². The smallest absolute Gasteiger partial charge is 0.164 e. The van der Waals surface area contributed by atoms with Crippen molar-refractivity contribution in [1.29, 1.82) is 0 Å². The minimum atomic E-state index is -0.779. The van der Waals surface area contributed by atoms with E-state index < -0.39 is 179 Å². The minimum absolute atomic E-state index is 0.00495. The van der Waals surface area contributed by atoms with Crippen LogP contribution in [0.3, 0.4) is 0 Å². The standard InChI is InChI=1S/C54H33N3S2/c1-32-27-39(34-17-7-3-8-18-34)31-46-47(32)49-44(29-38-22-12-14-24-41(38)51(49)59-46)54-56-52(35-19-9-4-10-20-35)55-53(57-54)43-28-37-21-11-13-23-40(37)50-48(43)42-26-25-36(30-45(42)58-50)33-15-5-2-6-16-33/h2-31H,1H3/i2D,3D,5D,6D,7D,8D,11D,12D,13D,14D,15D,16D,17D,18D,21D,22D,23D,24D,25D,26D,27D,28D,29D,30D,31D. The van der Waals surface area contributed by atoms with E-state index in [-0.39, 0.29) is 95.5 Å². The Morgan fingerprint density at radius 3 is 1.63 bits per heavy atom. The van der Waals surface area contributed by atoms with Gasteiger partial charge in [0.1, 0.15) is 0 Å². The van der Waals surface area contributed by atoms with E-state index >= 15 is 0 Å². The third-order valence-electron chi connectivity index (χ3n) is 9.74. The van der Waals surface area contributed by atoms with Gasteiger partial charge in [0.05, 0.1) is 34.3 Å². The van der Waals surface area contributed by atoms with Gasteiger partial charge >= 0.3 is 0 Å². The summed E-state index contributed by atoms with van der Waals surface area (Å²) in [5.74, 6) is -1.05. The van der Waals surface area contributed by atoms with Gasteiger partial charge < -0.3 is 0 Å². The molecule has 0 radical (unpaired) electrons. The number of hydrogen-bond acceptors (Lipinski definition) is 5. The summed E-state index contributed by atoms with van der Waals surface area (Å²) in [6.45, 7) is 1.46. The zero-order valence-electron chi connectivity index (χ0n) is 55.0. The van der Waals surface area contributed by atoms with Crippen LogP contribution < -0.4 is 0 Å². The van der Waals surface area contributed by atoms with E-state index in [1.54, 1.807) is 30.3 Å². The summed E-state index contributed by atoms with van der Waals surface area (Å²) in [5.41, 5.74) is -2.15. The zero-order chi connectivity index (χ0) is 60.8. The molecule has 3 aromatic heterocycles. The number of hydrogen-bond donors (Lipinski definition) is 0. The molecule has 0 aliphatic heterocycles. The molecule has 12 aromatic rings. The van der Waals surface area contributed by atoms with Crippen molar-refractivity contribution in [3.63, 3.8) is 0 Å². The van der Waals surface area contributed by atoms with Crippen LogP contribution in [0.5, 0.6) is 0 Å². The Morgan fingerprint density at radius 2 is 0.949 bits per heavy atom. The van der Waals surface area contributed by atoms with Crippen molar-refractivity contribution in [3.8, 4) is 56.4 Å². The van der Waals surface area contributed by atoms with E-state index in [9.17, 15) is 15.1 Å². The van der Waals surface area contributed by atoms with Crippen LogP contribution in [0.1, 0.15) is 39.8 Å². The lowest BCUT2D eigenvalue weighted by Crippen LogP contribution is -2.01. The first-order valence-corrected chi connectivity index (χ1v) is 19.5. The van der Waals surface area contributed by atoms with Gasteiger partial charge in [-0.25, -0.2) is 15.0 Å². The number of thiophene rings is 2. The van der Waals surface area contributed by atoms with Crippen molar-refractivity contribution in [2.75, 3.05) is 0 Å². The maximum atomic E-state index is 10.1. The maximum absolute atomic E-state index is 10.1. The van der Waals surface area contributed by atoms with Crippen LogP contribution in [0.4, 0.5) is 0 Å². The highest BCUT2D eigenvalue weighted by Gasteiger charge is 2.23. The van der Waals surface area contributed by atoms with Crippen molar-refractivity contribution < 1.29 is 34.3 Å². The molecule has 9 aromatic carbocycles. The van der Waals surface area contributed by atoms with Gasteiger partial charge in [-0.2, -0.15) is 0 Å². The summed E-state index contributed by atoms with van der Waals surface area (Å²) in [6.07, 6.45) is 0. The van der Waals surface area contributed by atoms with Crippen LogP contribution in [0.15, 0.2) is 181 Å². The number of aryl methyl sites for hydroxylation is 1. The van der Waals surface area contributed by atoms with Gasteiger partial charge in [0.2, 0.25) is 0 Å². The van der Waals surface area contributed by atoms with Crippen LogP contribution in [0.2, 0.25) is 0 Å². The summed E-state index contributed by atoms with van der Waals surface area (Å²) in [7, 11) is 0. The van der Waals surface area contributed by atoms with Gasteiger partial charge in [-0.1, -0.05) is 157 Å². The lowest BCUT2D eigenvalue weighted by Gasteiger charge is -2.13. The third kappa shape index (κ3) is 5.58. The summed E-state index contributed by atoms with van der Waals surface area (Å²) in [4.78, 5) is 14.8. The van der Waals surface area contributed by atoms with Crippen LogP contribution >= 0.6 is 22.7 Å². The average Bonchev–Trinajstić information content (AvgIpc) is 1.54. The molecule has 0 unspecified atom stereocenters. The highest BCUT2D eigenvalue weighted by atomic mass is 32.1. The van der Waals surface area contributed by atoms with E-state index in [4.69, 9.17) is 34.1 Å². The molecule has 3 heterocycles. The molecule has 12 rings (SSSR count). The molecule has 5 heteroatoms. The molecule has 0 bridgehead atoms. The molecule has 0 aliphatic carbocycles. The first kappa shape index (κ1) is 17.4.